The molecule has 0 radical (unpaired) electrons. The van der Waals surface area contributed by atoms with Crippen LogP contribution in [0.25, 0.3) is 0 Å². The van der Waals surface area contributed by atoms with E-state index in [1.54, 1.807) is 7.05 Å². The summed E-state index contributed by atoms with van der Waals surface area (Å²) in [6, 6.07) is 1.99. The molecule has 0 aliphatic heterocycles. The van der Waals surface area contributed by atoms with E-state index in [1.807, 2.05) is 6.07 Å². The van der Waals surface area contributed by atoms with Gasteiger partial charge in [0.25, 0.3) is 0 Å². The Kier molecular flexibility index (Phi) is 5.83. The van der Waals surface area contributed by atoms with Gasteiger partial charge in [0.2, 0.25) is 0 Å². The summed E-state index contributed by atoms with van der Waals surface area (Å²) in [6.07, 6.45) is 2.01. The second-order valence-corrected chi connectivity index (χ2v) is 1.36. The largest absolute Gasteiger partial charge is 0.378 e. The minimum absolute atomic E-state index is 0.487. The molecule has 0 saturated heterocycles. The van der Waals surface area contributed by atoms with Crippen LogP contribution in [0.1, 0.15) is 6.42 Å². The van der Waals surface area contributed by atoms with Gasteiger partial charge in [-0.05, 0) is 0 Å². The lowest BCUT2D eigenvalue weighted by molar-refractivity contribution is 0.746. The van der Waals surface area contributed by atoms with E-state index in [0.29, 0.717) is 13.0 Å². The fourth-order valence-corrected chi connectivity index (χ4v) is 0.287. The zero-order chi connectivity index (χ0) is 6.95. The highest BCUT2D eigenvalue weighted by molar-refractivity contribution is 5.52. The van der Waals surface area contributed by atoms with Crippen LogP contribution in [0, 0.1) is 11.3 Å². The van der Waals surface area contributed by atoms with Crippen molar-refractivity contribution in [3.8, 4) is 6.07 Å². The predicted molar refractivity (Wildman–Crippen MR) is 35.8 cm³/mol. The van der Waals surface area contributed by atoms with Crippen LogP contribution in [-0.2, 0) is 0 Å². The van der Waals surface area contributed by atoms with E-state index in [0.717, 1.165) is 0 Å². The van der Waals surface area contributed by atoms with E-state index < -0.39 is 0 Å². The molecule has 4 nitrogen and oxygen atoms in total. The first-order valence-electron chi connectivity index (χ1n) is 2.70. The SMILES string of the molecule is CN/C=N/NCCC#N. The van der Waals surface area contributed by atoms with Crippen molar-refractivity contribution in [3.05, 3.63) is 0 Å². The number of rotatable bonds is 4. The molecule has 0 spiro atoms. The van der Waals surface area contributed by atoms with Crippen molar-refractivity contribution < 1.29 is 0 Å². The average Bonchev–Trinajstić information content (AvgIpc) is 1.89. The number of hydrazone groups is 1. The third kappa shape index (κ3) is 6.76. The van der Waals surface area contributed by atoms with E-state index in [9.17, 15) is 0 Å². The standard InChI is InChI=1S/C5H10N4/c1-7-5-9-8-4-2-3-6/h5,8H,2,4H2,1H3,(H,7,9). The Morgan fingerprint density at radius 1 is 1.78 bits per heavy atom. The summed E-state index contributed by atoms with van der Waals surface area (Å²) in [5.41, 5.74) is 2.67. The molecule has 9 heavy (non-hydrogen) atoms. The Labute approximate surface area is 54.6 Å². The highest BCUT2D eigenvalue weighted by atomic mass is 15.3. The molecule has 0 aromatic heterocycles. The molecule has 4 heteroatoms. The monoisotopic (exact) mass is 126 g/mol. The van der Waals surface area contributed by atoms with Crippen molar-refractivity contribution >= 4 is 6.34 Å². The van der Waals surface area contributed by atoms with Gasteiger partial charge in [0, 0.05) is 13.6 Å². The molecule has 0 rings (SSSR count). The quantitative estimate of drug-likeness (QED) is 0.234. The van der Waals surface area contributed by atoms with Gasteiger partial charge in [-0.2, -0.15) is 10.4 Å². The van der Waals surface area contributed by atoms with Crippen LogP contribution < -0.4 is 10.7 Å². The first-order chi connectivity index (χ1) is 4.41. The highest BCUT2D eigenvalue weighted by Crippen LogP contribution is 1.67. The van der Waals surface area contributed by atoms with Gasteiger partial charge in [0.15, 0.2) is 0 Å². The summed E-state index contributed by atoms with van der Waals surface area (Å²) < 4.78 is 0. The lowest BCUT2D eigenvalue weighted by Gasteiger charge is -1.91. The van der Waals surface area contributed by atoms with Crippen LogP contribution in [0.5, 0.6) is 0 Å². The Bertz CT molecular complexity index is 113. The van der Waals surface area contributed by atoms with Gasteiger partial charge in [-0.15, -0.1) is 0 Å². The van der Waals surface area contributed by atoms with Gasteiger partial charge in [-0.25, -0.2) is 0 Å². The van der Waals surface area contributed by atoms with Crippen LogP contribution in [-0.4, -0.2) is 19.9 Å². The first kappa shape index (κ1) is 7.76. The summed E-state index contributed by atoms with van der Waals surface area (Å²) in [6.45, 7) is 0.606. The zero-order valence-electron chi connectivity index (χ0n) is 5.39. The zero-order valence-corrected chi connectivity index (χ0v) is 5.39. The van der Waals surface area contributed by atoms with Gasteiger partial charge >= 0.3 is 0 Å². The van der Waals surface area contributed by atoms with Gasteiger partial charge in [-0.3, -0.25) is 0 Å². The summed E-state index contributed by atoms with van der Waals surface area (Å²) >= 11 is 0. The van der Waals surface area contributed by atoms with Crippen LogP contribution in [0.2, 0.25) is 0 Å². The maximum absolute atomic E-state index is 8.07. The van der Waals surface area contributed by atoms with Crippen LogP contribution in [0.15, 0.2) is 5.10 Å². The number of nitriles is 1. The molecule has 0 aromatic rings. The lowest BCUT2D eigenvalue weighted by atomic mass is 10.5. The van der Waals surface area contributed by atoms with Crippen molar-refractivity contribution in [3.63, 3.8) is 0 Å². The minimum atomic E-state index is 0.487. The van der Waals surface area contributed by atoms with Crippen LogP contribution >= 0.6 is 0 Å². The summed E-state index contributed by atoms with van der Waals surface area (Å²) in [7, 11) is 1.76. The number of hydrogen-bond acceptors (Lipinski definition) is 3. The third-order valence-electron chi connectivity index (χ3n) is 0.634. The third-order valence-corrected chi connectivity index (χ3v) is 0.634. The van der Waals surface area contributed by atoms with E-state index in [4.69, 9.17) is 5.26 Å². The molecule has 0 heterocycles. The summed E-state index contributed by atoms with van der Waals surface area (Å²) in [5, 5.41) is 14.5. The predicted octanol–water partition coefficient (Wildman–Crippen LogP) is -0.348. The fraction of sp³-hybridized carbons (Fsp3) is 0.600. The van der Waals surface area contributed by atoms with E-state index >= 15 is 0 Å². The molecular formula is C5H10N4. The second kappa shape index (κ2) is 6.76. The van der Waals surface area contributed by atoms with E-state index in [-0.39, 0.29) is 0 Å². The Balaban J connectivity index is 2.92. The van der Waals surface area contributed by atoms with E-state index in [2.05, 4.69) is 15.8 Å². The topological polar surface area (TPSA) is 60.2 Å². The van der Waals surface area contributed by atoms with Crippen molar-refractivity contribution in [2.75, 3.05) is 13.6 Å². The van der Waals surface area contributed by atoms with Gasteiger partial charge in [0.1, 0.15) is 6.34 Å². The lowest BCUT2D eigenvalue weighted by Crippen LogP contribution is -2.11. The molecule has 0 unspecified atom stereocenters. The Morgan fingerprint density at radius 2 is 2.56 bits per heavy atom. The normalized spacial score (nSPS) is 8.89. The van der Waals surface area contributed by atoms with Crippen molar-refractivity contribution in [2.45, 2.75) is 6.42 Å². The van der Waals surface area contributed by atoms with Crippen LogP contribution in [0.3, 0.4) is 0 Å². The Morgan fingerprint density at radius 3 is 3.11 bits per heavy atom. The first-order valence-corrected chi connectivity index (χ1v) is 2.70. The number of nitrogens with zero attached hydrogens (tertiary/aromatic N) is 2. The molecule has 0 fully saturated rings. The van der Waals surface area contributed by atoms with Crippen molar-refractivity contribution in [1.29, 1.82) is 5.26 Å². The molecule has 0 atom stereocenters. The maximum Gasteiger partial charge on any atom is 0.108 e. The average molecular weight is 126 g/mol. The van der Waals surface area contributed by atoms with Crippen molar-refractivity contribution in [2.24, 2.45) is 5.10 Å². The molecule has 0 saturated carbocycles. The Hall–Kier alpha value is -1.24. The molecule has 50 valence electrons. The molecular weight excluding hydrogens is 116 g/mol. The summed E-state index contributed by atoms with van der Waals surface area (Å²) in [4.78, 5) is 0. The highest BCUT2D eigenvalue weighted by Gasteiger charge is 1.75. The second-order valence-electron chi connectivity index (χ2n) is 1.36. The molecule has 0 aromatic carbocycles. The van der Waals surface area contributed by atoms with Crippen molar-refractivity contribution in [1.82, 2.24) is 10.7 Å². The van der Waals surface area contributed by atoms with Crippen LogP contribution in [0.4, 0.5) is 0 Å². The molecule has 0 aliphatic carbocycles. The van der Waals surface area contributed by atoms with E-state index in [1.165, 1.54) is 6.34 Å². The minimum Gasteiger partial charge on any atom is -0.378 e. The number of hydrogen-bond donors (Lipinski definition) is 2. The van der Waals surface area contributed by atoms with Gasteiger partial charge in [0.05, 0.1) is 12.5 Å². The molecule has 2 N–H and O–H groups in total. The fourth-order valence-electron chi connectivity index (χ4n) is 0.287. The summed E-state index contributed by atoms with van der Waals surface area (Å²) in [5.74, 6) is 0. The molecule has 0 bridgehead atoms. The van der Waals surface area contributed by atoms with Gasteiger partial charge in [-0.1, -0.05) is 0 Å². The molecule has 0 amide bonds. The molecule has 0 aliphatic rings. The van der Waals surface area contributed by atoms with Gasteiger partial charge < -0.3 is 10.7 Å². The maximum atomic E-state index is 8.07. The number of nitrogens with one attached hydrogen (secondary N) is 2. The smallest absolute Gasteiger partial charge is 0.108 e.